The first-order valence-electron chi connectivity index (χ1n) is 3.12. The Kier molecular flexibility index (Phi) is 2.19. The van der Waals surface area contributed by atoms with E-state index >= 15 is 0 Å². The molecule has 0 N–H and O–H groups in total. The van der Waals surface area contributed by atoms with Gasteiger partial charge in [-0.3, -0.25) is 0 Å². The van der Waals surface area contributed by atoms with Crippen molar-refractivity contribution < 1.29 is 21.2 Å². The van der Waals surface area contributed by atoms with Gasteiger partial charge in [-0.05, 0) is 17.6 Å². The molecule has 0 aliphatic carbocycles. The van der Waals surface area contributed by atoms with E-state index in [0.29, 0.717) is 0 Å². The third kappa shape index (κ3) is 1.38. The van der Waals surface area contributed by atoms with Crippen molar-refractivity contribution in [2.75, 3.05) is 0 Å². The van der Waals surface area contributed by atoms with Crippen molar-refractivity contribution in [1.29, 1.82) is 0 Å². The van der Waals surface area contributed by atoms with Gasteiger partial charge in [0.2, 0.25) is 5.70 Å². The highest BCUT2D eigenvalue weighted by atomic mass is 79.9. The fraction of sp³-hybridized carbons (Fsp3) is 0. The van der Waals surface area contributed by atoms with Gasteiger partial charge in [-0.1, -0.05) is 6.07 Å². The van der Waals surface area contributed by atoms with E-state index in [1.54, 1.807) is 0 Å². The van der Waals surface area contributed by atoms with Gasteiger partial charge in [-0.25, -0.2) is 0 Å². The van der Waals surface area contributed by atoms with Crippen LogP contribution in [-0.4, -0.2) is 0 Å². The maximum atomic E-state index is 4.16. The molecule has 2 heterocycles. The highest BCUT2D eigenvalue weighted by Gasteiger charge is 2.05. The van der Waals surface area contributed by atoms with Crippen LogP contribution in [0.15, 0.2) is 41.7 Å². The average molecular weight is 211 g/mol. The molecule has 0 bridgehead atoms. The fourth-order valence-electron chi connectivity index (χ4n) is 0.987. The summed E-state index contributed by atoms with van der Waals surface area (Å²) in [6.07, 6.45) is 3.85. The SMILES string of the molecule is C=C1C=[n+]2ccccc2=N1.[Br-]. The van der Waals surface area contributed by atoms with E-state index in [-0.39, 0.29) is 17.0 Å². The number of rotatable bonds is 0. The molecule has 0 saturated heterocycles. The van der Waals surface area contributed by atoms with Gasteiger partial charge >= 0.3 is 5.49 Å². The number of fused-ring (bicyclic) bond motifs is 1. The van der Waals surface area contributed by atoms with Gasteiger partial charge in [-0.2, -0.15) is 4.24 Å². The monoisotopic (exact) mass is 210 g/mol. The Morgan fingerprint density at radius 2 is 2.18 bits per heavy atom. The normalized spacial score (nSPS) is 12.5. The van der Waals surface area contributed by atoms with Crippen LogP contribution in [0.3, 0.4) is 0 Å². The van der Waals surface area contributed by atoms with Crippen molar-refractivity contribution in [3.8, 4) is 0 Å². The van der Waals surface area contributed by atoms with Crippen molar-refractivity contribution >= 4 is 0 Å². The van der Waals surface area contributed by atoms with Crippen molar-refractivity contribution in [1.82, 2.24) is 0 Å². The molecule has 2 rings (SSSR count). The molecule has 0 unspecified atom stereocenters. The third-order valence-electron chi connectivity index (χ3n) is 1.41. The topological polar surface area (TPSA) is 18.3 Å². The molecule has 1 aliphatic rings. The van der Waals surface area contributed by atoms with E-state index in [1.807, 2.05) is 34.9 Å². The number of hydrogen-bond donors (Lipinski definition) is 0. The second-order valence-electron chi connectivity index (χ2n) is 2.20. The van der Waals surface area contributed by atoms with Gasteiger partial charge in [0.15, 0.2) is 0 Å². The molecule has 56 valence electrons. The second-order valence-corrected chi connectivity index (χ2v) is 2.20. The summed E-state index contributed by atoms with van der Waals surface area (Å²) in [7, 11) is 0. The number of pyridine rings is 1. The zero-order valence-electron chi connectivity index (χ0n) is 5.87. The van der Waals surface area contributed by atoms with Crippen LogP contribution in [0.4, 0.5) is 0 Å². The highest BCUT2D eigenvalue weighted by Crippen LogP contribution is 1.89. The van der Waals surface area contributed by atoms with E-state index in [0.717, 1.165) is 11.2 Å². The molecule has 0 saturated carbocycles. The molecular weight excluding hydrogens is 204 g/mol. The molecular formula is C8H7BrN2. The Bertz CT molecular complexity index is 358. The standard InChI is InChI=1S/C8H7N2.BrH/c1-7-6-10-5-3-2-4-8(10)9-7;/h2-6H,1H2;1H/q+1;/p-1. The summed E-state index contributed by atoms with van der Waals surface area (Å²) < 4.78 is 1.95. The van der Waals surface area contributed by atoms with E-state index in [9.17, 15) is 0 Å². The lowest BCUT2D eigenvalue weighted by Gasteiger charge is -1.72. The summed E-state index contributed by atoms with van der Waals surface area (Å²) in [6, 6.07) is 5.88. The number of allylic oxidation sites excluding steroid dienone is 1. The molecule has 0 radical (unpaired) electrons. The maximum absolute atomic E-state index is 4.16. The van der Waals surface area contributed by atoms with Crippen molar-refractivity contribution in [2.45, 2.75) is 0 Å². The molecule has 3 heteroatoms. The average Bonchev–Trinajstić information content (AvgIpc) is 2.27. The molecule has 0 atom stereocenters. The van der Waals surface area contributed by atoms with Crippen LogP contribution in [0.2, 0.25) is 0 Å². The Hall–Kier alpha value is -0.960. The van der Waals surface area contributed by atoms with Gasteiger partial charge < -0.3 is 17.0 Å². The van der Waals surface area contributed by atoms with Crippen LogP contribution >= 0.6 is 0 Å². The first-order chi connectivity index (χ1) is 4.86. The van der Waals surface area contributed by atoms with Crippen LogP contribution in [0, 0.1) is 6.21 Å². The van der Waals surface area contributed by atoms with Crippen molar-refractivity contribution in [2.24, 2.45) is 4.99 Å². The quantitative estimate of drug-likeness (QED) is 0.411. The largest absolute Gasteiger partial charge is 1.00 e. The van der Waals surface area contributed by atoms with E-state index in [2.05, 4.69) is 11.6 Å². The van der Waals surface area contributed by atoms with Crippen molar-refractivity contribution in [3.05, 3.63) is 48.4 Å². The van der Waals surface area contributed by atoms with Gasteiger partial charge in [0, 0.05) is 6.07 Å². The summed E-state index contributed by atoms with van der Waals surface area (Å²) in [5.41, 5.74) is 1.76. The van der Waals surface area contributed by atoms with Gasteiger partial charge in [0.05, 0.1) is 6.20 Å². The van der Waals surface area contributed by atoms with Crippen LogP contribution in [0.25, 0.3) is 0 Å². The summed E-state index contributed by atoms with van der Waals surface area (Å²) >= 11 is 0. The van der Waals surface area contributed by atoms with Gasteiger partial charge in [0.25, 0.3) is 0 Å². The Morgan fingerprint density at radius 3 is 2.91 bits per heavy atom. The first kappa shape index (κ1) is 8.14. The molecule has 0 fully saturated rings. The van der Waals surface area contributed by atoms with Crippen LogP contribution in [0.5, 0.6) is 0 Å². The molecule has 0 aromatic carbocycles. The molecule has 1 aliphatic heterocycles. The lowest BCUT2D eigenvalue weighted by Crippen LogP contribution is -3.00. The zero-order valence-corrected chi connectivity index (χ0v) is 7.45. The Labute approximate surface area is 75.0 Å². The van der Waals surface area contributed by atoms with Gasteiger partial charge in [-0.15, -0.1) is 0 Å². The molecule has 1 aromatic heterocycles. The zero-order chi connectivity index (χ0) is 6.97. The summed E-state index contributed by atoms with van der Waals surface area (Å²) in [4.78, 5) is 4.16. The predicted octanol–water partition coefficient (Wildman–Crippen LogP) is -2.87. The number of nitrogens with zero attached hydrogens (tertiary/aromatic N) is 2. The molecule has 1 aromatic rings. The fourth-order valence-corrected chi connectivity index (χ4v) is 0.987. The summed E-state index contributed by atoms with van der Waals surface area (Å²) in [5, 5.41) is 0. The highest BCUT2D eigenvalue weighted by molar-refractivity contribution is 5.01. The van der Waals surface area contributed by atoms with Crippen molar-refractivity contribution in [3.63, 3.8) is 0 Å². The first-order valence-corrected chi connectivity index (χ1v) is 3.12. The Balaban J connectivity index is 0.000000605. The minimum Gasteiger partial charge on any atom is -1.00 e. The smallest absolute Gasteiger partial charge is 0.328 e. The van der Waals surface area contributed by atoms with Crippen LogP contribution in [0.1, 0.15) is 0 Å². The van der Waals surface area contributed by atoms with Gasteiger partial charge in [0.1, 0.15) is 6.21 Å². The third-order valence-corrected chi connectivity index (χ3v) is 1.41. The maximum Gasteiger partial charge on any atom is 0.328 e. The van der Waals surface area contributed by atoms with E-state index in [1.165, 1.54) is 0 Å². The number of hydrogen-bond acceptors (Lipinski definition) is 1. The number of halogens is 1. The van der Waals surface area contributed by atoms with Crippen LogP contribution in [-0.2, 0) is 0 Å². The molecule has 11 heavy (non-hydrogen) atoms. The minimum absolute atomic E-state index is 0. The molecule has 2 nitrogen and oxygen atoms in total. The summed E-state index contributed by atoms with van der Waals surface area (Å²) in [5.74, 6) is 0. The summed E-state index contributed by atoms with van der Waals surface area (Å²) in [6.45, 7) is 3.73. The second kappa shape index (κ2) is 2.96. The van der Waals surface area contributed by atoms with E-state index < -0.39 is 0 Å². The predicted molar refractivity (Wildman–Crippen MR) is 36.6 cm³/mol. The molecule has 0 amide bonds. The minimum atomic E-state index is 0. The lowest BCUT2D eigenvalue weighted by atomic mass is 10.5. The van der Waals surface area contributed by atoms with Crippen LogP contribution < -0.4 is 26.7 Å². The van der Waals surface area contributed by atoms with E-state index in [4.69, 9.17) is 0 Å². The number of aromatic nitrogens is 1. The lowest BCUT2D eigenvalue weighted by molar-refractivity contribution is -0.521. The Morgan fingerprint density at radius 1 is 1.36 bits per heavy atom. The molecule has 0 spiro atoms.